The minimum Gasteiger partial charge on any atom is -0.481 e. The van der Waals surface area contributed by atoms with Crippen molar-refractivity contribution >= 4 is 44.9 Å². The molecule has 0 saturated carbocycles. The minimum atomic E-state index is -0.833. The highest BCUT2D eigenvalue weighted by atomic mass is 32.1. The van der Waals surface area contributed by atoms with Crippen molar-refractivity contribution in [2.24, 2.45) is 5.92 Å². The van der Waals surface area contributed by atoms with Crippen LogP contribution < -0.4 is 16.2 Å². The van der Waals surface area contributed by atoms with Crippen molar-refractivity contribution in [2.45, 2.75) is 45.7 Å². The van der Waals surface area contributed by atoms with Gasteiger partial charge in [-0.2, -0.15) is 0 Å². The number of aryl methyl sites for hydroxylation is 2. The van der Waals surface area contributed by atoms with Gasteiger partial charge in [0.05, 0.1) is 11.3 Å². The summed E-state index contributed by atoms with van der Waals surface area (Å²) < 4.78 is 1.48. The third kappa shape index (κ3) is 2.93. The molecule has 4 heterocycles. The second kappa shape index (κ2) is 6.61. The first-order valence-electron chi connectivity index (χ1n) is 10.0. The van der Waals surface area contributed by atoms with Crippen LogP contribution in [0, 0.1) is 12.8 Å². The average Bonchev–Trinajstić information content (AvgIpc) is 3.19. The fraction of sp³-hybridized carbons (Fsp3) is 0.381. The summed E-state index contributed by atoms with van der Waals surface area (Å²) in [6.07, 6.45) is 3.11. The number of anilines is 2. The number of hydrogen-bond donors (Lipinski definition) is 3. The Hall–Kier alpha value is -3.27. The lowest BCUT2D eigenvalue weighted by molar-refractivity contribution is -0.142. The zero-order valence-electron chi connectivity index (χ0n) is 17.3. The van der Waals surface area contributed by atoms with Gasteiger partial charge in [-0.3, -0.25) is 19.0 Å². The van der Waals surface area contributed by atoms with Gasteiger partial charge in [-0.05, 0) is 57.2 Å². The normalized spacial score (nSPS) is 19.1. The highest BCUT2D eigenvalue weighted by Crippen LogP contribution is 2.40. The molecular weight excluding hydrogens is 418 g/mol. The first-order chi connectivity index (χ1) is 14.7. The topological polar surface area (TPSA) is 126 Å². The number of amides is 1. The molecule has 9 nitrogen and oxygen atoms in total. The second-order valence-electron chi connectivity index (χ2n) is 8.55. The van der Waals surface area contributed by atoms with Gasteiger partial charge in [-0.25, -0.2) is 9.97 Å². The van der Waals surface area contributed by atoms with E-state index in [0.29, 0.717) is 42.0 Å². The van der Waals surface area contributed by atoms with E-state index < -0.39 is 11.6 Å². The van der Waals surface area contributed by atoms with Gasteiger partial charge >= 0.3 is 5.97 Å². The van der Waals surface area contributed by atoms with E-state index in [2.05, 4.69) is 20.6 Å². The monoisotopic (exact) mass is 439 g/mol. The van der Waals surface area contributed by atoms with Crippen LogP contribution in [-0.4, -0.2) is 31.5 Å². The Balaban J connectivity index is 1.62. The number of fused-ring (bicyclic) bond motifs is 4. The predicted molar refractivity (Wildman–Crippen MR) is 116 cm³/mol. The Morgan fingerprint density at radius 1 is 1.35 bits per heavy atom. The number of carbonyl (C=O) groups excluding carboxylic acids is 1. The maximum atomic E-state index is 13.3. The summed E-state index contributed by atoms with van der Waals surface area (Å²) in [7, 11) is 0. The summed E-state index contributed by atoms with van der Waals surface area (Å²) in [5.74, 6) is -0.917. The molecule has 1 atom stereocenters. The summed E-state index contributed by atoms with van der Waals surface area (Å²) in [6.45, 7) is 5.36. The molecule has 1 amide bonds. The Bertz CT molecular complexity index is 1340. The third-order valence-corrected chi connectivity index (χ3v) is 7.19. The summed E-state index contributed by atoms with van der Waals surface area (Å²) >= 11 is 1.48. The Labute approximate surface area is 181 Å². The van der Waals surface area contributed by atoms with E-state index in [1.165, 1.54) is 22.2 Å². The first kappa shape index (κ1) is 19.7. The van der Waals surface area contributed by atoms with Crippen molar-refractivity contribution < 1.29 is 14.7 Å². The number of carboxylic acid groups (broad SMARTS) is 1. The van der Waals surface area contributed by atoms with Crippen molar-refractivity contribution in [2.75, 3.05) is 5.32 Å². The van der Waals surface area contributed by atoms with Crippen LogP contribution in [0.25, 0.3) is 10.2 Å². The van der Waals surface area contributed by atoms with E-state index in [0.717, 1.165) is 20.7 Å². The van der Waals surface area contributed by atoms with Gasteiger partial charge in [0.15, 0.2) is 0 Å². The van der Waals surface area contributed by atoms with Crippen molar-refractivity contribution in [1.82, 2.24) is 19.9 Å². The molecule has 5 rings (SSSR count). The van der Waals surface area contributed by atoms with Crippen LogP contribution in [0.3, 0.4) is 0 Å². The number of nitrogens with one attached hydrogen (secondary N) is 2. The molecule has 31 heavy (non-hydrogen) atoms. The van der Waals surface area contributed by atoms with Crippen molar-refractivity contribution in [3.05, 3.63) is 44.4 Å². The molecule has 0 radical (unpaired) electrons. The number of rotatable bonds is 3. The van der Waals surface area contributed by atoms with E-state index in [9.17, 15) is 19.5 Å². The van der Waals surface area contributed by atoms with Crippen LogP contribution in [-0.2, 0) is 23.3 Å². The second-order valence-corrected chi connectivity index (χ2v) is 9.64. The van der Waals surface area contributed by atoms with Gasteiger partial charge in [0.25, 0.3) is 11.5 Å². The van der Waals surface area contributed by atoms with Gasteiger partial charge in [-0.1, -0.05) is 0 Å². The standard InChI is InChI=1S/C21H21N5O4S/c1-9-6-12(19(28)26-15(9)17(27)25-21(26,2)3)24-16-14-11-5-4-10(20(29)30)7-13(11)31-18(14)23-8-22-16/h6,8,10H,4-5,7H2,1-3H3,(H,25,27)(H,29,30)(H,22,23,24)/t10-/m0/s1. The molecule has 0 bridgehead atoms. The molecule has 0 saturated heterocycles. The molecule has 3 aromatic heterocycles. The molecular formula is C21H21N5O4S. The van der Waals surface area contributed by atoms with E-state index in [4.69, 9.17) is 0 Å². The summed E-state index contributed by atoms with van der Waals surface area (Å²) in [5.41, 5.74) is 1.28. The zero-order chi connectivity index (χ0) is 22.1. The molecule has 1 aliphatic heterocycles. The lowest BCUT2D eigenvalue weighted by Gasteiger charge is -2.22. The minimum absolute atomic E-state index is 0.268. The lowest BCUT2D eigenvalue weighted by atomic mass is 9.88. The first-order valence-corrected chi connectivity index (χ1v) is 10.8. The molecule has 0 unspecified atom stereocenters. The summed E-state index contributed by atoms with van der Waals surface area (Å²) in [4.78, 5) is 47.6. The van der Waals surface area contributed by atoms with Crippen molar-refractivity contribution in [3.63, 3.8) is 0 Å². The van der Waals surface area contributed by atoms with E-state index in [-0.39, 0.29) is 17.4 Å². The van der Waals surface area contributed by atoms with Gasteiger partial charge in [0.1, 0.15) is 34.0 Å². The van der Waals surface area contributed by atoms with Crippen LogP contribution in [0.1, 0.15) is 46.8 Å². The summed E-state index contributed by atoms with van der Waals surface area (Å²) in [5, 5.41) is 16.2. The SMILES string of the molecule is Cc1cc(Nc2ncnc3sc4c(c23)CC[C@H](C(=O)O)C4)c(=O)n2c1C(=O)NC2(C)C. The zero-order valence-corrected chi connectivity index (χ0v) is 18.1. The molecule has 160 valence electrons. The fourth-order valence-electron chi connectivity index (χ4n) is 4.58. The predicted octanol–water partition coefficient (Wildman–Crippen LogP) is 2.53. The third-order valence-electron chi connectivity index (χ3n) is 6.03. The Morgan fingerprint density at radius 2 is 2.13 bits per heavy atom. The lowest BCUT2D eigenvalue weighted by Crippen LogP contribution is -2.42. The van der Waals surface area contributed by atoms with Crippen LogP contribution in [0.2, 0.25) is 0 Å². The largest absolute Gasteiger partial charge is 0.481 e. The number of hydrogen-bond acceptors (Lipinski definition) is 7. The maximum absolute atomic E-state index is 13.3. The van der Waals surface area contributed by atoms with Crippen LogP contribution in [0.15, 0.2) is 17.2 Å². The molecule has 0 spiro atoms. The van der Waals surface area contributed by atoms with Gasteiger partial charge in [0.2, 0.25) is 0 Å². The highest BCUT2D eigenvalue weighted by Gasteiger charge is 2.37. The van der Waals surface area contributed by atoms with Crippen molar-refractivity contribution in [1.29, 1.82) is 0 Å². The Kier molecular flexibility index (Phi) is 4.20. The molecule has 3 aromatic rings. The quantitative estimate of drug-likeness (QED) is 0.572. The summed E-state index contributed by atoms with van der Waals surface area (Å²) in [6, 6.07) is 1.67. The number of aliphatic carboxylic acids is 1. The molecule has 0 aromatic carbocycles. The molecule has 10 heteroatoms. The smallest absolute Gasteiger partial charge is 0.306 e. The fourth-order valence-corrected chi connectivity index (χ4v) is 5.85. The Morgan fingerprint density at radius 3 is 2.87 bits per heavy atom. The number of nitrogens with zero attached hydrogens (tertiary/aromatic N) is 3. The highest BCUT2D eigenvalue weighted by molar-refractivity contribution is 7.19. The van der Waals surface area contributed by atoms with Gasteiger partial charge in [0, 0.05) is 4.88 Å². The number of aromatic nitrogens is 3. The molecule has 3 N–H and O–H groups in total. The number of thiophene rings is 1. The number of carboxylic acids is 1. The van der Waals surface area contributed by atoms with E-state index in [1.54, 1.807) is 26.8 Å². The van der Waals surface area contributed by atoms with Crippen LogP contribution in [0.5, 0.6) is 0 Å². The molecule has 0 fully saturated rings. The number of pyridine rings is 1. The average molecular weight is 439 g/mol. The molecule has 2 aliphatic rings. The van der Waals surface area contributed by atoms with Gasteiger partial charge < -0.3 is 15.7 Å². The van der Waals surface area contributed by atoms with Crippen LogP contribution in [0.4, 0.5) is 11.5 Å². The van der Waals surface area contributed by atoms with E-state index >= 15 is 0 Å². The van der Waals surface area contributed by atoms with Crippen molar-refractivity contribution in [3.8, 4) is 0 Å². The maximum Gasteiger partial charge on any atom is 0.306 e. The van der Waals surface area contributed by atoms with E-state index in [1.807, 2.05) is 0 Å². The van der Waals surface area contributed by atoms with Gasteiger partial charge in [-0.15, -0.1) is 11.3 Å². The van der Waals surface area contributed by atoms with Crippen LogP contribution >= 0.6 is 11.3 Å². The molecule has 1 aliphatic carbocycles. The number of carbonyl (C=O) groups is 2.